The molecule has 14 nitrogen and oxygen atoms in total. The highest BCUT2D eigenvalue weighted by Gasteiger charge is 2.62. The lowest BCUT2D eigenvalue weighted by atomic mass is 9.86. The zero-order chi connectivity index (χ0) is 40.1. The number of carbonyl (C=O) groups excluding carboxylic acids is 4. The van der Waals surface area contributed by atoms with Crippen molar-refractivity contribution in [3.05, 3.63) is 33.6 Å². The average molecular weight is 828 g/mol. The highest BCUT2D eigenvalue weighted by Crippen LogP contribution is 2.47. The number of aromatic nitrogens is 2. The van der Waals surface area contributed by atoms with Crippen molar-refractivity contribution in [3.8, 4) is 6.01 Å². The molecule has 16 heteroatoms. The lowest BCUT2D eigenvalue weighted by Crippen LogP contribution is -2.57. The summed E-state index contributed by atoms with van der Waals surface area (Å²) in [5, 5.41) is 3.09. The molecule has 0 spiro atoms. The van der Waals surface area contributed by atoms with Gasteiger partial charge in [-0.05, 0) is 100 Å². The standard InChI is InChI=1S/C41H54ClN5O9S/c1-2-26-22-41(26,39(52)45-57(53,54)29-15-16-29)44-36(49)33-20-28-23-47(33)38(51)31(24-9-5-6-10-24)21-35(48)56-34-13-8-12-25(34)11-4-3-7-18-46-37(50)30-17-14-27(42)19-32(30)43-40(46)55-28/h14,17,19,24-26,28-29,31,33-34H,2-13,15-16,18,20-23H2,1H3,(H,44,49)(H,45,52)/t25-,26-,28-,31+,33+,34-,41-/m1/s1. The van der Waals surface area contributed by atoms with E-state index in [1.165, 1.54) is 9.47 Å². The van der Waals surface area contributed by atoms with Gasteiger partial charge in [0.15, 0.2) is 0 Å². The molecule has 2 N–H and O–H groups in total. The molecule has 0 radical (unpaired) electrons. The summed E-state index contributed by atoms with van der Waals surface area (Å²) in [6.45, 7) is 2.18. The predicted molar refractivity (Wildman–Crippen MR) is 211 cm³/mol. The van der Waals surface area contributed by atoms with Crippen molar-refractivity contribution in [3.63, 3.8) is 0 Å². The number of carbonyl (C=O) groups is 4. The normalized spacial score (nSPS) is 31.4. The van der Waals surface area contributed by atoms with E-state index >= 15 is 0 Å². The van der Waals surface area contributed by atoms with E-state index in [1.54, 1.807) is 18.2 Å². The number of nitrogens with zero attached hydrogens (tertiary/aromatic N) is 3. The second-order valence-corrected chi connectivity index (χ2v) is 19.8. The van der Waals surface area contributed by atoms with Gasteiger partial charge in [-0.15, -0.1) is 0 Å². The number of hydrogen-bond donors (Lipinski definition) is 2. The highest BCUT2D eigenvalue weighted by atomic mass is 35.5. The third-order valence-corrected chi connectivity index (χ3v) is 15.6. The topological polar surface area (TPSA) is 183 Å². The molecule has 57 heavy (non-hydrogen) atoms. The van der Waals surface area contributed by atoms with Crippen LogP contribution in [0.2, 0.25) is 5.02 Å². The first-order chi connectivity index (χ1) is 27.4. The van der Waals surface area contributed by atoms with Crippen LogP contribution in [0.25, 0.3) is 10.9 Å². The molecule has 1 aromatic carbocycles. The Labute approximate surface area is 338 Å². The Morgan fingerprint density at radius 1 is 0.947 bits per heavy atom. The van der Waals surface area contributed by atoms with Crippen LogP contribution < -0.4 is 20.3 Å². The van der Waals surface area contributed by atoms with Gasteiger partial charge in [-0.2, -0.15) is 4.98 Å². The Bertz CT molecular complexity index is 2090. The summed E-state index contributed by atoms with van der Waals surface area (Å²) in [5.74, 6) is -2.99. The fourth-order valence-electron chi connectivity index (χ4n) is 10.0. The average Bonchev–Trinajstić information content (AvgIpc) is 3.96. The minimum Gasteiger partial charge on any atom is -0.462 e. The first kappa shape index (κ1) is 40.1. The molecule has 7 atom stereocenters. The highest BCUT2D eigenvalue weighted by molar-refractivity contribution is 7.91. The Kier molecular flexibility index (Phi) is 11.4. The molecule has 5 fully saturated rings. The van der Waals surface area contributed by atoms with Crippen molar-refractivity contribution < 1.29 is 37.1 Å². The minimum absolute atomic E-state index is 0.0154. The number of ether oxygens (including phenoxy) is 2. The van der Waals surface area contributed by atoms with E-state index in [2.05, 4.69) is 10.0 Å². The quantitative estimate of drug-likeness (QED) is 0.369. The smallest absolute Gasteiger partial charge is 0.306 e. The molecule has 6 aliphatic rings. The maximum Gasteiger partial charge on any atom is 0.306 e. The summed E-state index contributed by atoms with van der Waals surface area (Å²) in [4.78, 5) is 77.1. The zero-order valence-corrected chi connectivity index (χ0v) is 34.2. The number of benzene rings is 1. The third-order valence-electron chi connectivity index (χ3n) is 13.6. The fraction of sp³-hybridized carbons (Fsp3) is 0.707. The van der Waals surface area contributed by atoms with E-state index in [9.17, 15) is 32.4 Å². The molecule has 310 valence electrons. The molecule has 2 aliphatic heterocycles. The van der Waals surface area contributed by atoms with Crippen molar-refractivity contribution in [2.75, 3.05) is 6.54 Å². The van der Waals surface area contributed by atoms with Crippen LogP contribution in [0.3, 0.4) is 0 Å². The van der Waals surface area contributed by atoms with Gasteiger partial charge in [-0.1, -0.05) is 50.6 Å². The lowest BCUT2D eigenvalue weighted by molar-refractivity contribution is -0.156. The van der Waals surface area contributed by atoms with Crippen LogP contribution in [-0.4, -0.2) is 82.1 Å². The number of fused-ring (bicyclic) bond motifs is 5. The van der Waals surface area contributed by atoms with E-state index in [1.807, 2.05) is 6.92 Å². The Morgan fingerprint density at radius 3 is 2.42 bits per heavy atom. The largest absolute Gasteiger partial charge is 0.462 e. The number of amides is 3. The molecule has 0 unspecified atom stereocenters. The zero-order valence-electron chi connectivity index (χ0n) is 32.6. The second-order valence-electron chi connectivity index (χ2n) is 17.4. The molecule has 2 bridgehead atoms. The van der Waals surface area contributed by atoms with E-state index in [4.69, 9.17) is 26.1 Å². The van der Waals surface area contributed by atoms with Crippen LogP contribution in [0.5, 0.6) is 6.01 Å². The van der Waals surface area contributed by atoms with Gasteiger partial charge in [0.2, 0.25) is 21.8 Å². The van der Waals surface area contributed by atoms with Crippen molar-refractivity contribution in [1.82, 2.24) is 24.5 Å². The van der Waals surface area contributed by atoms with Gasteiger partial charge in [-0.25, -0.2) is 8.42 Å². The predicted octanol–water partition coefficient (Wildman–Crippen LogP) is 4.77. The molecule has 1 aromatic heterocycles. The van der Waals surface area contributed by atoms with E-state index in [0.29, 0.717) is 48.2 Å². The molecule has 2 aromatic rings. The number of halogens is 1. The van der Waals surface area contributed by atoms with Crippen LogP contribution in [0, 0.1) is 23.7 Å². The van der Waals surface area contributed by atoms with Gasteiger partial charge in [0.1, 0.15) is 23.8 Å². The van der Waals surface area contributed by atoms with Crippen molar-refractivity contribution in [2.24, 2.45) is 23.7 Å². The number of rotatable bonds is 7. The molecule has 3 heterocycles. The summed E-state index contributed by atoms with van der Waals surface area (Å²) in [7, 11) is -3.88. The third kappa shape index (κ3) is 8.29. The van der Waals surface area contributed by atoms with Crippen molar-refractivity contribution >= 4 is 56.2 Å². The summed E-state index contributed by atoms with van der Waals surface area (Å²) < 4.78 is 42.1. The summed E-state index contributed by atoms with van der Waals surface area (Å²) in [5.41, 5.74) is -1.36. The molecular weight excluding hydrogens is 774 g/mol. The molecule has 3 amide bonds. The van der Waals surface area contributed by atoms with Gasteiger partial charge < -0.3 is 19.7 Å². The van der Waals surface area contributed by atoms with Crippen molar-refractivity contribution in [2.45, 2.75) is 152 Å². The van der Waals surface area contributed by atoms with Crippen LogP contribution in [0.15, 0.2) is 23.0 Å². The summed E-state index contributed by atoms with van der Waals surface area (Å²) in [6.07, 6.45) is 10.1. The second kappa shape index (κ2) is 16.1. The van der Waals surface area contributed by atoms with Gasteiger partial charge >= 0.3 is 5.97 Å². The van der Waals surface area contributed by atoms with E-state index in [0.717, 1.165) is 64.2 Å². The van der Waals surface area contributed by atoms with Gasteiger partial charge in [0.05, 0.1) is 35.0 Å². The Balaban J connectivity index is 1.14. The first-order valence-corrected chi connectivity index (χ1v) is 23.0. The molecule has 4 saturated carbocycles. The maximum atomic E-state index is 14.9. The van der Waals surface area contributed by atoms with E-state index in [-0.39, 0.29) is 67.1 Å². The van der Waals surface area contributed by atoms with Crippen molar-refractivity contribution in [1.29, 1.82) is 0 Å². The minimum atomic E-state index is -3.88. The summed E-state index contributed by atoms with van der Waals surface area (Å²) >= 11 is 6.32. The molecular formula is C41H54ClN5O9S. The van der Waals surface area contributed by atoms with Gasteiger partial charge in [-0.3, -0.25) is 33.3 Å². The monoisotopic (exact) mass is 827 g/mol. The number of sulfonamides is 1. The Morgan fingerprint density at radius 2 is 1.68 bits per heavy atom. The van der Waals surface area contributed by atoms with Crippen LogP contribution in [-0.2, 0) is 40.5 Å². The van der Waals surface area contributed by atoms with Gasteiger partial charge in [0.25, 0.3) is 17.5 Å². The molecule has 1 saturated heterocycles. The number of hydrogen-bond acceptors (Lipinski definition) is 10. The summed E-state index contributed by atoms with van der Waals surface area (Å²) in [6, 6.07) is 3.85. The SMILES string of the molecule is CC[C@@H]1C[C@]1(NC(=O)[C@@H]1C[C@@H]2CN1C(=O)[C@H](C1CCCC1)CC(=O)O[C@@H]1CCC[C@H]1CCCCCn1c(nc3cc(Cl)ccc3c1=O)O2)C(=O)NS(=O)(=O)C1CC1. The van der Waals surface area contributed by atoms with E-state index < -0.39 is 56.7 Å². The lowest BCUT2D eigenvalue weighted by Gasteiger charge is -2.32. The van der Waals surface area contributed by atoms with Crippen LogP contribution >= 0.6 is 11.6 Å². The Hall–Kier alpha value is -3.72. The number of nitrogens with one attached hydrogen (secondary N) is 2. The molecule has 8 rings (SSSR count). The number of esters is 1. The maximum absolute atomic E-state index is 14.9. The van der Waals surface area contributed by atoms with Crippen LogP contribution in [0.4, 0.5) is 0 Å². The molecule has 4 aliphatic carbocycles. The first-order valence-electron chi connectivity index (χ1n) is 21.1. The van der Waals surface area contributed by atoms with Gasteiger partial charge in [0, 0.05) is 18.0 Å². The van der Waals surface area contributed by atoms with Crippen LogP contribution in [0.1, 0.15) is 116 Å². The fourth-order valence-corrected chi connectivity index (χ4v) is 11.6.